The van der Waals surface area contributed by atoms with Crippen LogP contribution in [0.5, 0.6) is 0 Å². The van der Waals surface area contributed by atoms with Gasteiger partial charge < -0.3 is 15.4 Å². The number of rotatable bonds is 9. The minimum atomic E-state index is -3.82. The Morgan fingerprint density at radius 3 is 2.62 bits per heavy atom. The van der Waals surface area contributed by atoms with Crippen molar-refractivity contribution in [1.29, 1.82) is 0 Å². The molecule has 9 heteroatoms. The highest BCUT2D eigenvalue weighted by atomic mass is 32.2. The molecule has 0 aliphatic carbocycles. The van der Waals surface area contributed by atoms with Gasteiger partial charge in [-0.25, -0.2) is 13.2 Å². The van der Waals surface area contributed by atoms with E-state index in [-0.39, 0.29) is 29.7 Å². The lowest BCUT2D eigenvalue weighted by Gasteiger charge is -2.30. The lowest BCUT2D eigenvalue weighted by molar-refractivity contribution is 0.0944. The highest BCUT2D eigenvalue weighted by Crippen LogP contribution is 2.31. The number of benzene rings is 2. The number of carbonyl (C=O) groups is 2. The number of sulfonamides is 1. The molecule has 3 rings (SSSR count). The molecule has 8 nitrogen and oxygen atoms in total. The molecule has 2 amide bonds. The molecule has 2 N–H and O–H groups in total. The molecule has 184 valence electrons. The Bertz CT molecular complexity index is 1120. The topological polar surface area (TPSA) is 105 Å². The van der Waals surface area contributed by atoms with Gasteiger partial charge in [-0.1, -0.05) is 38.1 Å². The second kappa shape index (κ2) is 11.4. The Balaban J connectivity index is 1.74. The fourth-order valence-electron chi connectivity index (χ4n) is 4.09. The lowest BCUT2D eigenvalue weighted by atomic mass is 10.0. The molecule has 1 heterocycles. The fraction of sp³-hybridized carbons (Fsp3) is 0.440. The van der Waals surface area contributed by atoms with Crippen molar-refractivity contribution in [2.45, 2.75) is 51.0 Å². The SMILES string of the molecule is CCOC(=O)NC(CNC(=O)c1cccc(S(=O)(=O)N2CCCc3ccccc32)c1)CC(C)C. The van der Waals surface area contributed by atoms with Crippen LogP contribution in [0, 0.1) is 5.92 Å². The molecule has 1 aliphatic rings. The van der Waals surface area contributed by atoms with E-state index in [2.05, 4.69) is 10.6 Å². The molecule has 2 aromatic rings. The average Bonchev–Trinajstić information content (AvgIpc) is 2.81. The maximum absolute atomic E-state index is 13.4. The van der Waals surface area contributed by atoms with Crippen LogP contribution in [0.15, 0.2) is 53.4 Å². The van der Waals surface area contributed by atoms with Gasteiger partial charge in [0.15, 0.2) is 0 Å². The number of ether oxygens (including phenoxy) is 1. The third-order valence-electron chi connectivity index (χ3n) is 5.61. The number of fused-ring (bicyclic) bond motifs is 1. The summed E-state index contributed by atoms with van der Waals surface area (Å²) in [5, 5.41) is 5.57. The van der Waals surface area contributed by atoms with Crippen LogP contribution in [-0.4, -0.2) is 46.2 Å². The second-order valence-electron chi connectivity index (χ2n) is 8.74. The molecule has 2 aromatic carbocycles. The van der Waals surface area contributed by atoms with E-state index in [1.54, 1.807) is 19.1 Å². The van der Waals surface area contributed by atoms with Gasteiger partial charge in [0, 0.05) is 24.7 Å². The van der Waals surface area contributed by atoms with Crippen molar-refractivity contribution < 1.29 is 22.7 Å². The predicted molar refractivity (Wildman–Crippen MR) is 131 cm³/mol. The van der Waals surface area contributed by atoms with Crippen LogP contribution in [-0.2, 0) is 21.2 Å². The Kier molecular flexibility index (Phi) is 8.55. The Hall–Kier alpha value is -3.07. The monoisotopic (exact) mass is 487 g/mol. The molecule has 34 heavy (non-hydrogen) atoms. The van der Waals surface area contributed by atoms with Crippen molar-refractivity contribution in [3.63, 3.8) is 0 Å². The van der Waals surface area contributed by atoms with Crippen molar-refractivity contribution in [3.8, 4) is 0 Å². The second-order valence-corrected chi connectivity index (χ2v) is 10.6. The molecule has 0 saturated carbocycles. The summed E-state index contributed by atoms with van der Waals surface area (Å²) in [6, 6.07) is 13.2. The zero-order chi connectivity index (χ0) is 24.7. The fourth-order valence-corrected chi connectivity index (χ4v) is 5.68. The van der Waals surface area contributed by atoms with Crippen LogP contribution < -0.4 is 14.9 Å². The summed E-state index contributed by atoms with van der Waals surface area (Å²) in [4.78, 5) is 24.7. The van der Waals surface area contributed by atoms with Crippen LogP contribution in [0.2, 0.25) is 0 Å². The van der Waals surface area contributed by atoms with E-state index in [1.807, 2.05) is 38.1 Å². The van der Waals surface area contributed by atoms with Gasteiger partial charge in [-0.15, -0.1) is 0 Å². The molecule has 0 spiro atoms. The highest BCUT2D eigenvalue weighted by molar-refractivity contribution is 7.92. The summed E-state index contributed by atoms with van der Waals surface area (Å²) >= 11 is 0. The van der Waals surface area contributed by atoms with Crippen LogP contribution in [0.3, 0.4) is 0 Å². The largest absolute Gasteiger partial charge is 0.450 e. The molecule has 0 aromatic heterocycles. The van der Waals surface area contributed by atoms with Crippen molar-refractivity contribution >= 4 is 27.7 Å². The van der Waals surface area contributed by atoms with E-state index < -0.39 is 22.0 Å². The number of alkyl carbamates (subject to hydrolysis) is 1. The van der Waals surface area contributed by atoms with Crippen molar-refractivity contribution in [3.05, 3.63) is 59.7 Å². The van der Waals surface area contributed by atoms with Gasteiger partial charge in [-0.2, -0.15) is 0 Å². The number of nitrogens with one attached hydrogen (secondary N) is 2. The zero-order valence-corrected chi connectivity index (χ0v) is 20.7. The van der Waals surface area contributed by atoms with Crippen LogP contribution >= 0.6 is 0 Å². The minimum absolute atomic E-state index is 0.0697. The summed E-state index contributed by atoms with van der Waals surface area (Å²) in [5.41, 5.74) is 1.92. The molecule has 1 unspecified atom stereocenters. The number of hydrogen-bond acceptors (Lipinski definition) is 5. The molecule has 0 radical (unpaired) electrons. The summed E-state index contributed by atoms with van der Waals surface area (Å²) < 4.78 is 33.2. The molecular weight excluding hydrogens is 454 g/mol. The summed E-state index contributed by atoms with van der Waals surface area (Å²) in [6.45, 7) is 6.62. The Morgan fingerprint density at radius 1 is 1.12 bits per heavy atom. The lowest BCUT2D eigenvalue weighted by Crippen LogP contribution is -2.44. The maximum Gasteiger partial charge on any atom is 0.407 e. The molecule has 0 saturated heterocycles. The minimum Gasteiger partial charge on any atom is -0.450 e. The van der Waals surface area contributed by atoms with Crippen molar-refractivity contribution in [1.82, 2.24) is 10.6 Å². The number of nitrogens with zero attached hydrogens (tertiary/aromatic N) is 1. The first-order valence-corrected chi connectivity index (χ1v) is 13.1. The number of carbonyl (C=O) groups excluding carboxylic acids is 2. The van der Waals surface area contributed by atoms with Crippen LogP contribution in [0.25, 0.3) is 0 Å². The Labute approximate surface area is 201 Å². The van der Waals surface area contributed by atoms with E-state index in [0.717, 1.165) is 18.4 Å². The van der Waals surface area contributed by atoms with E-state index in [4.69, 9.17) is 4.74 Å². The molecule has 0 bridgehead atoms. The quantitative estimate of drug-likeness (QED) is 0.561. The smallest absolute Gasteiger partial charge is 0.407 e. The first-order chi connectivity index (χ1) is 16.2. The van der Waals surface area contributed by atoms with Gasteiger partial charge >= 0.3 is 6.09 Å². The normalized spacial score (nSPS) is 14.3. The number of para-hydroxylation sites is 1. The standard InChI is InChI=1S/C25H33N3O5S/c1-4-33-25(30)27-21(15-18(2)3)17-26-24(29)20-10-7-12-22(16-20)34(31,32)28-14-8-11-19-9-5-6-13-23(19)28/h5-7,9-10,12-13,16,18,21H,4,8,11,14-15,17H2,1-3H3,(H,26,29)(H,27,30). The summed E-state index contributed by atoms with van der Waals surface area (Å²) in [5.74, 6) is -0.111. The van der Waals surface area contributed by atoms with Gasteiger partial charge in [-0.05, 0) is 61.9 Å². The molecule has 1 aliphatic heterocycles. The van der Waals surface area contributed by atoms with E-state index >= 15 is 0 Å². The number of hydrogen-bond donors (Lipinski definition) is 2. The zero-order valence-electron chi connectivity index (χ0n) is 19.9. The van der Waals surface area contributed by atoms with Gasteiger partial charge in [-0.3, -0.25) is 9.10 Å². The number of anilines is 1. The van der Waals surface area contributed by atoms with Crippen LogP contribution in [0.4, 0.5) is 10.5 Å². The van der Waals surface area contributed by atoms with Gasteiger partial charge in [0.1, 0.15) is 0 Å². The van der Waals surface area contributed by atoms with E-state index in [0.29, 0.717) is 24.6 Å². The first kappa shape index (κ1) is 25.6. The summed E-state index contributed by atoms with van der Waals surface area (Å²) in [7, 11) is -3.82. The first-order valence-electron chi connectivity index (χ1n) is 11.6. The summed E-state index contributed by atoms with van der Waals surface area (Å²) in [6.07, 6.45) is 1.70. The molecular formula is C25H33N3O5S. The van der Waals surface area contributed by atoms with Gasteiger partial charge in [0.2, 0.25) is 0 Å². The van der Waals surface area contributed by atoms with Gasteiger partial charge in [0.25, 0.3) is 15.9 Å². The highest BCUT2D eigenvalue weighted by Gasteiger charge is 2.29. The van der Waals surface area contributed by atoms with Crippen molar-refractivity contribution in [2.75, 3.05) is 24.0 Å². The van der Waals surface area contributed by atoms with E-state index in [9.17, 15) is 18.0 Å². The average molecular weight is 488 g/mol. The van der Waals surface area contributed by atoms with E-state index in [1.165, 1.54) is 16.4 Å². The molecule has 0 fully saturated rings. The van der Waals surface area contributed by atoms with Gasteiger partial charge in [0.05, 0.1) is 17.2 Å². The molecule has 1 atom stereocenters. The predicted octanol–water partition coefficient (Wildman–Crippen LogP) is 3.72. The maximum atomic E-state index is 13.4. The van der Waals surface area contributed by atoms with Crippen molar-refractivity contribution in [2.24, 2.45) is 5.92 Å². The third-order valence-corrected chi connectivity index (χ3v) is 7.42. The van der Waals surface area contributed by atoms with Crippen LogP contribution in [0.1, 0.15) is 49.5 Å². The number of amides is 2. The Morgan fingerprint density at radius 2 is 1.88 bits per heavy atom. The third kappa shape index (κ3) is 6.28. The number of aryl methyl sites for hydroxylation is 1.